The summed E-state index contributed by atoms with van der Waals surface area (Å²) in [6, 6.07) is 7.87. The summed E-state index contributed by atoms with van der Waals surface area (Å²) in [4.78, 5) is 0. The van der Waals surface area contributed by atoms with Gasteiger partial charge in [-0.25, -0.2) is 0 Å². The Balaban J connectivity index is 2.78. The lowest BCUT2D eigenvalue weighted by Gasteiger charge is -2.10. The molecular formula is C11H15N3. The molecule has 0 bridgehead atoms. The van der Waals surface area contributed by atoms with Crippen LogP contribution >= 0.6 is 0 Å². The first kappa shape index (κ1) is 10.6. The van der Waals surface area contributed by atoms with Crippen LogP contribution in [0.3, 0.4) is 0 Å². The van der Waals surface area contributed by atoms with Gasteiger partial charge in [-0.2, -0.15) is 5.26 Å². The molecule has 0 amide bonds. The van der Waals surface area contributed by atoms with E-state index in [1.54, 1.807) is 0 Å². The third-order valence-corrected chi connectivity index (χ3v) is 2.08. The standard InChI is InChI=1S/C11H15N3/c1-9-4-2-5-10(8-13)11(9)14-7-3-6-12/h2,4-5,14H,3,6-7,12H2,1H3. The number of anilines is 1. The summed E-state index contributed by atoms with van der Waals surface area (Å²) in [7, 11) is 0. The second-order valence-corrected chi connectivity index (χ2v) is 3.18. The van der Waals surface area contributed by atoms with E-state index in [1.807, 2.05) is 25.1 Å². The molecule has 3 nitrogen and oxygen atoms in total. The van der Waals surface area contributed by atoms with Crippen LogP contribution in [0.2, 0.25) is 0 Å². The summed E-state index contributed by atoms with van der Waals surface area (Å²) in [5.41, 5.74) is 8.12. The van der Waals surface area contributed by atoms with Gasteiger partial charge in [-0.3, -0.25) is 0 Å². The molecule has 0 saturated carbocycles. The number of nitriles is 1. The number of hydrogen-bond donors (Lipinski definition) is 2. The highest BCUT2D eigenvalue weighted by molar-refractivity contribution is 5.62. The Labute approximate surface area is 84.5 Å². The minimum atomic E-state index is 0.667. The molecule has 0 heterocycles. The lowest BCUT2D eigenvalue weighted by molar-refractivity contribution is 0.873. The van der Waals surface area contributed by atoms with Crippen molar-refractivity contribution in [1.82, 2.24) is 0 Å². The summed E-state index contributed by atoms with van der Waals surface area (Å²) in [5, 5.41) is 12.1. The van der Waals surface area contributed by atoms with E-state index in [9.17, 15) is 0 Å². The lowest BCUT2D eigenvalue weighted by atomic mass is 10.1. The van der Waals surface area contributed by atoms with Crippen molar-refractivity contribution in [3.8, 4) is 6.07 Å². The van der Waals surface area contributed by atoms with Gasteiger partial charge in [-0.05, 0) is 31.5 Å². The normalized spacial score (nSPS) is 9.50. The topological polar surface area (TPSA) is 61.8 Å². The molecule has 1 aromatic rings. The maximum atomic E-state index is 8.88. The highest BCUT2D eigenvalue weighted by Gasteiger charge is 2.02. The van der Waals surface area contributed by atoms with Crippen molar-refractivity contribution in [1.29, 1.82) is 5.26 Å². The first-order chi connectivity index (χ1) is 6.79. The molecule has 1 rings (SSSR count). The Hall–Kier alpha value is -1.53. The smallest absolute Gasteiger partial charge is 0.101 e. The molecule has 0 radical (unpaired) electrons. The van der Waals surface area contributed by atoms with Gasteiger partial charge in [0, 0.05) is 6.54 Å². The molecule has 0 spiro atoms. The van der Waals surface area contributed by atoms with E-state index >= 15 is 0 Å². The molecular weight excluding hydrogens is 174 g/mol. The zero-order chi connectivity index (χ0) is 10.4. The number of rotatable bonds is 4. The fourth-order valence-electron chi connectivity index (χ4n) is 1.31. The van der Waals surface area contributed by atoms with Gasteiger partial charge in [0.2, 0.25) is 0 Å². The van der Waals surface area contributed by atoms with Crippen LogP contribution in [-0.2, 0) is 0 Å². The average molecular weight is 189 g/mol. The molecule has 0 unspecified atom stereocenters. The second kappa shape index (κ2) is 5.25. The zero-order valence-corrected chi connectivity index (χ0v) is 8.38. The zero-order valence-electron chi connectivity index (χ0n) is 8.38. The van der Waals surface area contributed by atoms with Crippen molar-refractivity contribution in [2.75, 3.05) is 18.4 Å². The summed E-state index contributed by atoms with van der Waals surface area (Å²) in [5.74, 6) is 0. The number of nitrogens with one attached hydrogen (secondary N) is 1. The monoisotopic (exact) mass is 189 g/mol. The van der Waals surface area contributed by atoms with Gasteiger partial charge < -0.3 is 11.1 Å². The highest BCUT2D eigenvalue weighted by atomic mass is 14.9. The average Bonchev–Trinajstić information content (AvgIpc) is 2.20. The van der Waals surface area contributed by atoms with Crippen LogP contribution in [0.4, 0.5) is 5.69 Å². The van der Waals surface area contributed by atoms with Crippen LogP contribution in [-0.4, -0.2) is 13.1 Å². The van der Waals surface area contributed by atoms with E-state index in [0.717, 1.165) is 24.2 Å². The number of benzene rings is 1. The summed E-state index contributed by atoms with van der Waals surface area (Å²) < 4.78 is 0. The molecule has 3 heteroatoms. The van der Waals surface area contributed by atoms with Crippen molar-refractivity contribution >= 4 is 5.69 Å². The van der Waals surface area contributed by atoms with Crippen LogP contribution in [0.25, 0.3) is 0 Å². The van der Waals surface area contributed by atoms with Gasteiger partial charge in [0.1, 0.15) is 6.07 Å². The van der Waals surface area contributed by atoms with Gasteiger partial charge in [0.15, 0.2) is 0 Å². The van der Waals surface area contributed by atoms with E-state index in [-0.39, 0.29) is 0 Å². The molecule has 0 saturated heterocycles. The van der Waals surface area contributed by atoms with E-state index in [1.165, 1.54) is 0 Å². The van der Waals surface area contributed by atoms with Crippen LogP contribution in [0.1, 0.15) is 17.5 Å². The van der Waals surface area contributed by atoms with Crippen molar-refractivity contribution in [2.45, 2.75) is 13.3 Å². The minimum Gasteiger partial charge on any atom is -0.384 e. The first-order valence-electron chi connectivity index (χ1n) is 4.73. The van der Waals surface area contributed by atoms with Gasteiger partial charge >= 0.3 is 0 Å². The van der Waals surface area contributed by atoms with Crippen molar-refractivity contribution in [3.05, 3.63) is 29.3 Å². The van der Waals surface area contributed by atoms with Crippen LogP contribution < -0.4 is 11.1 Å². The van der Waals surface area contributed by atoms with Gasteiger partial charge in [-0.15, -0.1) is 0 Å². The maximum Gasteiger partial charge on any atom is 0.101 e. The Morgan fingerprint density at radius 1 is 1.50 bits per heavy atom. The predicted molar refractivity (Wildman–Crippen MR) is 58.1 cm³/mol. The molecule has 0 aliphatic heterocycles. The molecule has 0 atom stereocenters. The quantitative estimate of drug-likeness (QED) is 0.707. The third kappa shape index (κ3) is 2.48. The van der Waals surface area contributed by atoms with Crippen molar-refractivity contribution in [2.24, 2.45) is 5.73 Å². The number of para-hydroxylation sites is 1. The first-order valence-corrected chi connectivity index (χ1v) is 4.73. The molecule has 14 heavy (non-hydrogen) atoms. The van der Waals surface area contributed by atoms with Gasteiger partial charge in [-0.1, -0.05) is 12.1 Å². The number of aryl methyl sites for hydroxylation is 1. The van der Waals surface area contributed by atoms with Crippen molar-refractivity contribution < 1.29 is 0 Å². The molecule has 1 aromatic carbocycles. The van der Waals surface area contributed by atoms with Crippen LogP contribution in [0, 0.1) is 18.3 Å². The highest BCUT2D eigenvalue weighted by Crippen LogP contribution is 2.19. The summed E-state index contributed by atoms with van der Waals surface area (Å²) >= 11 is 0. The van der Waals surface area contributed by atoms with E-state index in [4.69, 9.17) is 11.0 Å². The molecule has 74 valence electrons. The SMILES string of the molecule is Cc1cccc(C#N)c1NCCCN. The van der Waals surface area contributed by atoms with Gasteiger partial charge in [0.25, 0.3) is 0 Å². The predicted octanol–water partition coefficient (Wildman–Crippen LogP) is 1.63. The second-order valence-electron chi connectivity index (χ2n) is 3.18. The molecule has 0 aliphatic rings. The largest absolute Gasteiger partial charge is 0.384 e. The van der Waals surface area contributed by atoms with Crippen LogP contribution in [0.15, 0.2) is 18.2 Å². The fourth-order valence-corrected chi connectivity index (χ4v) is 1.31. The van der Waals surface area contributed by atoms with Gasteiger partial charge in [0.05, 0.1) is 11.3 Å². The number of nitrogens with zero attached hydrogens (tertiary/aromatic N) is 1. The Morgan fingerprint density at radius 2 is 2.29 bits per heavy atom. The van der Waals surface area contributed by atoms with E-state index < -0.39 is 0 Å². The minimum absolute atomic E-state index is 0.667. The molecule has 0 fully saturated rings. The Bertz CT molecular complexity index is 339. The third-order valence-electron chi connectivity index (χ3n) is 2.08. The van der Waals surface area contributed by atoms with Crippen LogP contribution in [0.5, 0.6) is 0 Å². The molecule has 3 N–H and O–H groups in total. The Morgan fingerprint density at radius 3 is 2.93 bits per heavy atom. The number of nitrogens with two attached hydrogens (primary N) is 1. The summed E-state index contributed by atoms with van der Waals surface area (Å²) in [6.07, 6.45) is 0.916. The lowest BCUT2D eigenvalue weighted by Crippen LogP contribution is -2.10. The Kier molecular flexibility index (Phi) is 3.96. The van der Waals surface area contributed by atoms with Crippen molar-refractivity contribution in [3.63, 3.8) is 0 Å². The van der Waals surface area contributed by atoms with E-state index in [2.05, 4.69) is 11.4 Å². The molecule has 0 aromatic heterocycles. The van der Waals surface area contributed by atoms with E-state index in [0.29, 0.717) is 12.1 Å². The maximum absolute atomic E-state index is 8.88. The fraction of sp³-hybridized carbons (Fsp3) is 0.364. The molecule has 0 aliphatic carbocycles. The summed E-state index contributed by atoms with van der Waals surface area (Å²) in [6.45, 7) is 3.47. The number of hydrogen-bond acceptors (Lipinski definition) is 3.